The lowest BCUT2D eigenvalue weighted by Crippen LogP contribution is -2.37. The maximum Gasteiger partial charge on any atom is 0.332 e. The molecule has 2 aromatic carbocycles. The Labute approximate surface area is 172 Å². The zero-order valence-electron chi connectivity index (χ0n) is 17.0. The van der Waals surface area contributed by atoms with E-state index in [0.29, 0.717) is 23.7 Å². The largest absolute Gasteiger partial charge is 0.332 e. The second kappa shape index (κ2) is 7.82. The molecule has 0 bridgehead atoms. The van der Waals surface area contributed by atoms with Crippen molar-refractivity contribution in [3.8, 4) is 0 Å². The quantitative estimate of drug-likeness (QED) is 0.410. The Hall–Kier alpha value is -3.94. The number of hydrogen-bond acceptors (Lipinski definition) is 5. The van der Waals surface area contributed by atoms with Crippen LogP contribution >= 0.6 is 0 Å². The summed E-state index contributed by atoms with van der Waals surface area (Å²) >= 11 is 0. The van der Waals surface area contributed by atoms with Crippen molar-refractivity contribution in [3.63, 3.8) is 0 Å². The first-order valence-corrected chi connectivity index (χ1v) is 9.52. The number of nitrogens with one attached hydrogen (secondary N) is 1. The van der Waals surface area contributed by atoms with Gasteiger partial charge in [0.1, 0.15) is 0 Å². The van der Waals surface area contributed by atoms with Crippen LogP contribution in [0.2, 0.25) is 0 Å². The molecule has 8 heteroatoms. The van der Waals surface area contributed by atoms with E-state index in [9.17, 15) is 9.59 Å². The molecule has 4 rings (SSSR count). The molecule has 0 amide bonds. The average Bonchev–Trinajstić information content (AvgIpc) is 3.11. The number of imidazole rings is 1. The van der Waals surface area contributed by atoms with Crippen molar-refractivity contribution in [2.75, 3.05) is 5.43 Å². The van der Waals surface area contributed by atoms with Gasteiger partial charge in [0.15, 0.2) is 11.2 Å². The number of fused-ring (bicyclic) bond motifs is 1. The number of nitrogens with zero attached hydrogens (tertiary/aromatic N) is 5. The van der Waals surface area contributed by atoms with E-state index >= 15 is 0 Å². The Morgan fingerprint density at radius 2 is 1.70 bits per heavy atom. The van der Waals surface area contributed by atoms with Gasteiger partial charge in [-0.15, -0.1) is 0 Å². The first-order valence-electron chi connectivity index (χ1n) is 9.52. The first-order chi connectivity index (χ1) is 14.5. The van der Waals surface area contributed by atoms with E-state index in [-0.39, 0.29) is 0 Å². The molecule has 152 valence electrons. The van der Waals surface area contributed by atoms with Crippen molar-refractivity contribution >= 4 is 23.3 Å². The zero-order chi connectivity index (χ0) is 21.3. The number of anilines is 1. The number of benzene rings is 2. The van der Waals surface area contributed by atoms with E-state index in [1.807, 2.05) is 61.5 Å². The van der Waals surface area contributed by atoms with E-state index in [4.69, 9.17) is 0 Å². The van der Waals surface area contributed by atoms with Crippen LogP contribution in [0, 0.1) is 6.92 Å². The van der Waals surface area contributed by atoms with Crippen LogP contribution in [0.3, 0.4) is 0 Å². The molecule has 0 saturated carbocycles. The van der Waals surface area contributed by atoms with E-state index in [1.165, 1.54) is 11.6 Å². The molecule has 0 aliphatic heterocycles. The van der Waals surface area contributed by atoms with Crippen LogP contribution in [0.5, 0.6) is 0 Å². The van der Waals surface area contributed by atoms with Crippen LogP contribution < -0.4 is 16.7 Å². The van der Waals surface area contributed by atoms with Crippen molar-refractivity contribution in [1.82, 2.24) is 18.7 Å². The number of hydrazone groups is 1. The molecule has 0 radical (unpaired) electrons. The summed E-state index contributed by atoms with van der Waals surface area (Å²) in [6, 6.07) is 17.6. The van der Waals surface area contributed by atoms with Crippen LogP contribution in [0.1, 0.15) is 16.7 Å². The summed E-state index contributed by atoms with van der Waals surface area (Å²) in [5.74, 6) is 0.388. The topological polar surface area (TPSA) is 86.2 Å². The summed E-state index contributed by atoms with van der Waals surface area (Å²) in [5, 5.41) is 4.28. The average molecular weight is 402 g/mol. The highest BCUT2D eigenvalue weighted by atomic mass is 16.2. The maximum absolute atomic E-state index is 12.9. The molecule has 0 fully saturated rings. The second-order valence-corrected chi connectivity index (χ2v) is 7.11. The van der Waals surface area contributed by atoms with E-state index in [2.05, 4.69) is 15.5 Å². The van der Waals surface area contributed by atoms with Gasteiger partial charge in [-0.2, -0.15) is 10.1 Å². The van der Waals surface area contributed by atoms with Gasteiger partial charge in [0.25, 0.3) is 5.56 Å². The van der Waals surface area contributed by atoms with Crippen LogP contribution in [0.4, 0.5) is 5.95 Å². The standard InChI is InChI=1S/C22H22N6O2/c1-15-9-7-8-12-17(15)14-28-18-19(26(2)22(30)27(3)20(18)29)24-21(28)25-23-13-16-10-5-4-6-11-16/h4-13H,14H2,1-3H3,(H,24,25)/b23-13+. The first kappa shape index (κ1) is 19.4. The molecule has 0 unspecified atom stereocenters. The van der Waals surface area contributed by atoms with Gasteiger partial charge in [-0.05, 0) is 23.6 Å². The van der Waals surface area contributed by atoms with Gasteiger partial charge in [0.05, 0.1) is 12.8 Å². The van der Waals surface area contributed by atoms with Gasteiger partial charge in [-0.25, -0.2) is 10.2 Å². The molecular weight excluding hydrogens is 380 g/mol. The molecule has 2 aromatic heterocycles. The maximum atomic E-state index is 12.9. The third-order valence-electron chi connectivity index (χ3n) is 5.12. The summed E-state index contributed by atoms with van der Waals surface area (Å²) in [6.07, 6.45) is 1.68. The van der Waals surface area contributed by atoms with Gasteiger partial charge in [-0.1, -0.05) is 54.6 Å². The lowest BCUT2D eigenvalue weighted by Gasteiger charge is -2.11. The summed E-state index contributed by atoms with van der Waals surface area (Å²) in [7, 11) is 3.07. The lowest BCUT2D eigenvalue weighted by atomic mass is 10.1. The predicted octanol–water partition coefficient (Wildman–Crippen LogP) is 2.24. The van der Waals surface area contributed by atoms with Crippen LogP contribution in [0.25, 0.3) is 11.2 Å². The third kappa shape index (κ3) is 3.43. The molecule has 2 heterocycles. The third-order valence-corrected chi connectivity index (χ3v) is 5.12. The molecular formula is C22H22N6O2. The fraction of sp³-hybridized carbons (Fsp3) is 0.182. The number of hydrogen-bond donors (Lipinski definition) is 1. The summed E-state index contributed by atoms with van der Waals surface area (Å²) in [6.45, 7) is 2.43. The predicted molar refractivity (Wildman–Crippen MR) is 118 cm³/mol. The minimum Gasteiger partial charge on any atom is -0.298 e. The summed E-state index contributed by atoms with van der Waals surface area (Å²) < 4.78 is 4.23. The van der Waals surface area contributed by atoms with Gasteiger partial charge in [0, 0.05) is 14.1 Å². The smallest absolute Gasteiger partial charge is 0.298 e. The van der Waals surface area contributed by atoms with Crippen molar-refractivity contribution in [1.29, 1.82) is 0 Å². The van der Waals surface area contributed by atoms with Gasteiger partial charge >= 0.3 is 5.69 Å². The Bertz CT molecular complexity index is 1360. The molecule has 0 aliphatic carbocycles. The highest BCUT2D eigenvalue weighted by Crippen LogP contribution is 2.19. The molecule has 0 spiro atoms. The minimum atomic E-state index is -0.424. The summed E-state index contributed by atoms with van der Waals surface area (Å²) in [4.78, 5) is 29.8. The molecule has 0 aliphatic rings. The lowest BCUT2D eigenvalue weighted by molar-refractivity contribution is 0.702. The number of aryl methyl sites for hydroxylation is 2. The normalized spacial score (nSPS) is 11.4. The van der Waals surface area contributed by atoms with Crippen molar-refractivity contribution in [2.24, 2.45) is 19.2 Å². The highest BCUT2D eigenvalue weighted by Gasteiger charge is 2.19. The molecule has 8 nitrogen and oxygen atoms in total. The number of aromatic nitrogens is 4. The Balaban J connectivity index is 1.86. The van der Waals surface area contributed by atoms with Gasteiger partial charge in [0.2, 0.25) is 5.95 Å². The number of rotatable bonds is 5. The van der Waals surface area contributed by atoms with Crippen LogP contribution in [-0.4, -0.2) is 24.9 Å². The second-order valence-electron chi connectivity index (χ2n) is 7.11. The minimum absolute atomic E-state index is 0.314. The van der Waals surface area contributed by atoms with E-state index in [0.717, 1.165) is 21.3 Å². The van der Waals surface area contributed by atoms with Crippen LogP contribution in [0.15, 0.2) is 69.3 Å². The molecule has 0 atom stereocenters. The van der Waals surface area contributed by atoms with E-state index < -0.39 is 11.2 Å². The van der Waals surface area contributed by atoms with Crippen molar-refractivity contribution in [2.45, 2.75) is 13.5 Å². The molecule has 30 heavy (non-hydrogen) atoms. The zero-order valence-corrected chi connectivity index (χ0v) is 17.0. The fourth-order valence-electron chi connectivity index (χ4n) is 3.35. The van der Waals surface area contributed by atoms with Gasteiger partial charge in [-0.3, -0.25) is 18.5 Å². The monoisotopic (exact) mass is 402 g/mol. The Kier molecular flexibility index (Phi) is 5.05. The van der Waals surface area contributed by atoms with E-state index in [1.54, 1.807) is 17.8 Å². The van der Waals surface area contributed by atoms with Crippen molar-refractivity contribution in [3.05, 3.63) is 92.1 Å². The van der Waals surface area contributed by atoms with Crippen LogP contribution in [-0.2, 0) is 20.6 Å². The Morgan fingerprint density at radius 1 is 1.00 bits per heavy atom. The molecule has 1 N–H and O–H groups in total. The molecule has 0 saturated heterocycles. The van der Waals surface area contributed by atoms with Crippen molar-refractivity contribution < 1.29 is 0 Å². The Morgan fingerprint density at radius 3 is 2.43 bits per heavy atom. The summed E-state index contributed by atoms with van der Waals surface area (Å²) in [5.41, 5.74) is 5.85. The highest BCUT2D eigenvalue weighted by molar-refractivity contribution is 5.80. The SMILES string of the molecule is Cc1ccccc1Cn1c(N/N=C/c2ccccc2)nc2c1c(=O)n(C)c(=O)n2C. The van der Waals surface area contributed by atoms with Gasteiger partial charge < -0.3 is 0 Å². The fourth-order valence-corrected chi connectivity index (χ4v) is 3.35. The molecule has 4 aromatic rings.